The number of hydrogen-bond acceptors (Lipinski definition) is 8. The summed E-state index contributed by atoms with van der Waals surface area (Å²) in [5.74, 6) is -1.11. The molecule has 200 valence electrons. The average Bonchev–Trinajstić information content (AvgIpc) is 3.47. The van der Waals surface area contributed by atoms with Gasteiger partial charge in [-0.2, -0.15) is 0 Å². The predicted octanol–water partition coefficient (Wildman–Crippen LogP) is 5.87. The van der Waals surface area contributed by atoms with E-state index in [9.17, 15) is 19.1 Å². The van der Waals surface area contributed by atoms with E-state index in [1.54, 1.807) is 30.3 Å². The number of methoxy groups -OCH3 is 1. The predicted molar refractivity (Wildman–Crippen MR) is 146 cm³/mol. The van der Waals surface area contributed by atoms with E-state index in [4.69, 9.17) is 14.2 Å². The zero-order valence-corrected chi connectivity index (χ0v) is 22.3. The number of thiazole rings is 1. The van der Waals surface area contributed by atoms with Gasteiger partial charge in [-0.1, -0.05) is 17.4 Å². The molecule has 8 nitrogen and oxygen atoms in total. The van der Waals surface area contributed by atoms with Crippen LogP contribution in [0.15, 0.2) is 66.2 Å². The number of aromatic nitrogens is 1. The summed E-state index contributed by atoms with van der Waals surface area (Å²) < 4.78 is 31.1. The molecule has 0 radical (unpaired) electrons. The fraction of sp³-hybridized carbons (Fsp3) is 0.207. The molecule has 3 aromatic carbocycles. The van der Waals surface area contributed by atoms with Gasteiger partial charge >= 0.3 is 5.91 Å². The van der Waals surface area contributed by atoms with Crippen molar-refractivity contribution in [1.82, 2.24) is 4.98 Å². The van der Waals surface area contributed by atoms with E-state index >= 15 is 0 Å². The summed E-state index contributed by atoms with van der Waals surface area (Å²) in [7, 11) is 1.49. The lowest BCUT2D eigenvalue weighted by molar-refractivity contribution is -0.132. The largest absolute Gasteiger partial charge is 0.507 e. The number of fused-ring (bicyclic) bond motifs is 1. The van der Waals surface area contributed by atoms with Crippen LogP contribution >= 0.6 is 11.3 Å². The average molecular weight is 549 g/mol. The second-order valence-corrected chi connectivity index (χ2v) is 9.59. The molecule has 0 spiro atoms. The van der Waals surface area contributed by atoms with E-state index in [1.165, 1.54) is 47.6 Å². The van der Waals surface area contributed by atoms with Crippen molar-refractivity contribution in [1.29, 1.82) is 0 Å². The Balaban J connectivity index is 1.71. The van der Waals surface area contributed by atoms with Crippen LogP contribution in [0.4, 0.5) is 9.52 Å². The highest BCUT2D eigenvalue weighted by Gasteiger charge is 2.48. The number of carbonyl (C=O) groups excluding carboxylic acids is 2. The minimum atomic E-state index is -1.04. The van der Waals surface area contributed by atoms with Gasteiger partial charge in [0, 0.05) is 5.56 Å². The van der Waals surface area contributed by atoms with E-state index in [0.717, 1.165) is 4.70 Å². The highest BCUT2D eigenvalue weighted by atomic mass is 32.1. The Kier molecular flexibility index (Phi) is 7.21. The zero-order chi connectivity index (χ0) is 27.7. The van der Waals surface area contributed by atoms with E-state index in [2.05, 4.69) is 4.98 Å². The fourth-order valence-electron chi connectivity index (χ4n) is 4.49. The molecule has 0 bridgehead atoms. The quantitative estimate of drug-likeness (QED) is 0.167. The SMILES string of the molecule is CCOc1ccc2nc(N3C(=O)C(=O)/C(=C(/O)c4ccc(F)cc4)C3c3ccc(OCC)c(OC)c3)sc2c1. The van der Waals surface area contributed by atoms with E-state index in [0.29, 0.717) is 41.5 Å². The number of aliphatic hydroxyl groups excluding tert-OH is 1. The van der Waals surface area contributed by atoms with Gasteiger partial charge in [-0.3, -0.25) is 14.5 Å². The molecule has 39 heavy (non-hydrogen) atoms. The summed E-state index contributed by atoms with van der Waals surface area (Å²) in [5, 5.41) is 11.5. The number of anilines is 1. The van der Waals surface area contributed by atoms with E-state index in [-0.39, 0.29) is 16.3 Å². The number of carbonyl (C=O) groups is 2. The van der Waals surface area contributed by atoms with E-state index < -0.39 is 29.3 Å². The second kappa shape index (κ2) is 10.7. The van der Waals surface area contributed by atoms with Crippen LogP contribution in [0.5, 0.6) is 17.2 Å². The summed E-state index contributed by atoms with van der Waals surface area (Å²) in [6, 6.07) is 14.4. The summed E-state index contributed by atoms with van der Waals surface area (Å²) in [4.78, 5) is 32.9. The van der Waals surface area contributed by atoms with Crippen molar-refractivity contribution in [3.05, 3.63) is 83.2 Å². The molecule has 1 N–H and O–H groups in total. The first-order valence-electron chi connectivity index (χ1n) is 12.3. The lowest BCUT2D eigenvalue weighted by Crippen LogP contribution is -2.29. The van der Waals surface area contributed by atoms with Crippen LogP contribution in [0, 0.1) is 5.82 Å². The molecule has 0 saturated carbocycles. The van der Waals surface area contributed by atoms with Crippen molar-refractivity contribution < 1.29 is 33.3 Å². The first kappa shape index (κ1) is 26.2. The van der Waals surface area contributed by atoms with Crippen LogP contribution < -0.4 is 19.1 Å². The van der Waals surface area contributed by atoms with Gasteiger partial charge < -0.3 is 19.3 Å². The zero-order valence-electron chi connectivity index (χ0n) is 21.4. The summed E-state index contributed by atoms with van der Waals surface area (Å²) in [6.07, 6.45) is 0. The molecule has 1 fully saturated rings. The minimum Gasteiger partial charge on any atom is -0.507 e. The molecule has 1 unspecified atom stereocenters. The third kappa shape index (κ3) is 4.79. The number of Topliss-reactive ketones (excluding diaryl/α,β-unsaturated/α-hetero) is 1. The molecule has 1 amide bonds. The fourth-order valence-corrected chi connectivity index (χ4v) is 5.51. The molecule has 1 aromatic heterocycles. The Labute approximate surface area is 227 Å². The van der Waals surface area contributed by atoms with Gasteiger partial charge in [-0.25, -0.2) is 9.37 Å². The Morgan fingerprint density at radius 3 is 2.44 bits per heavy atom. The lowest BCUT2D eigenvalue weighted by Gasteiger charge is -2.24. The number of amides is 1. The third-order valence-corrected chi connectivity index (χ3v) is 7.25. The van der Waals surface area contributed by atoms with Crippen molar-refractivity contribution in [2.24, 2.45) is 0 Å². The maximum Gasteiger partial charge on any atom is 0.301 e. The molecular formula is C29H25FN2O6S. The van der Waals surface area contributed by atoms with Gasteiger partial charge in [0.2, 0.25) is 0 Å². The summed E-state index contributed by atoms with van der Waals surface area (Å²) in [6.45, 7) is 4.63. The van der Waals surface area contributed by atoms with Crippen molar-refractivity contribution in [3.8, 4) is 17.2 Å². The number of halogens is 1. The number of benzene rings is 3. The highest BCUT2D eigenvalue weighted by Crippen LogP contribution is 2.46. The Bertz CT molecular complexity index is 1600. The van der Waals surface area contributed by atoms with Crippen LogP contribution in [-0.2, 0) is 9.59 Å². The monoisotopic (exact) mass is 548 g/mol. The Morgan fingerprint density at radius 2 is 1.74 bits per heavy atom. The molecule has 4 aromatic rings. The van der Waals surface area contributed by atoms with Crippen LogP contribution in [0.2, 0.25) is 0 Å². The normalized spacial score (nSPS) is 16.6. The van der Waals surface area contributed by atoms with Crippen molar-refractivity contribution >= 4 is 44.1 Å². The molecule has 1 aliphatic rings. The van der Waals surface area contributed by atoms with Gasteiger partial charge in [-0.15, -0.1) is 0 Å². The lowest BCUT2D eigenvalue weighted by atomic mass is 9.95. The Morgan fingerprint density at radius 1 is 1.00 bits per heavy atom. The van der Waals surface area contributed by atoms with Gasteiger partial charge in [0.1, 0.15) is 17.3 Å². The van der Waals surface area contributed by atoms with Gasteiger partial charge in [0.25, 0.3) is 5.78 Å². The molecule has 1 atom stereocenters. The topological polar surface area (TPSA) is 98.2 Å². The van der Waals surface area contributed by atoms with Gasteiger partial charge in [-0.05, 0) is 74.0 Å². The third-order valence-electron chi connectivity index (χ3n) is 6.23. The molecule has 10 heteroatoms. The maximum absolute atomic E-state index is 13.6. The van der Waals surface area contributed by atoms with Crippen LogP contribution in [0.25, 0.3) is 16.0 Å². The second-order valence-electron chi connectivity index (χ2n) is 8.58. The number of ketones is 1. The Hall–Kier alpha value is -4.44. The highest BCUT2D eigenvalue weighted by molar-refractivity contribution is 7.22. The summed E-state index contributed by atoms with van der Waals surface area (Å²) >= 11 is 1.22. The number of hydrogen-bond donors (Lipinski definition) is 1. The smallest absolute Gasteiger partial charge is 0.301 e. The van der Waals surface area contributed by atoms with E-state index in [1.807, 2.05) is 19.9 Å². The van der Waals surface area contributed by atoms with Gasteiger partial charge in [0.15, 0.2) is 16.6 Å². The molecule has 0 aliphatic carbocycles. The number of ether oxygens (including phenoxy) is 3. The molecule has 1 saturated heterocycles. The van der Waals surface area contributed by atoms with Crippen LogP contribution in [0.3, 0.4) is 0 Å². The molecule has 5 rings (SSSR count). The van der Waals surface area contributed by atoms with Crippen LogP contribution in [-0.4, -0.2) is 42.1 Å². The standard InChI is InChI=1S/C29H25FN2O6S/c1-4-37-19-11-12-20-23(15-19)39-29(31-20)32-25(17-8-13-21(38-5-2)22(14-17)36-3)24(27(34)28(32)35)26(33)16-6-9-18(30)10-7-16/h6-15,25,33H,4-5H2,1-3H3/b26-24+. The van der Waals surface area contributed by atoms with Gasteiger partial charge in [0.05, 0.1) is 42.2 Å². The number of aliphatic hydroxyl groups is 1. The molecule has 1 aliphatic heterocycles. The minimum absolute atomic E-state index is 0.146. The van der Waals surface area contributed by atoms with Crippen molar-refractivity contribution in [2.75, 3.05) is 25.2 Å². The van der Waals surface area contributed by atoms with Crippen molar-refractivity contribution in [2.45, 2.75) is 19.9 Å². The number of nitrogens with zero attached hydrogens (tertiary/aromatic N) is 2. The maximum atomic E-state index is 13.6. The molecule has 2 heterocycles. The first-order chi connectivity index (χ1) is 18.9. The summed E-state index contributed by atoms with van der Waals surface area (Å²) in [5.41, 5.74) is 1.17. The number of rotatable bonds is 8. The first-order valence-corrected chi connectivity index (χ1v) is 13.1. The van der Waals surface area contributed by atoms with Crippen molar-refractivity contribution in [3.63, 3.8) is 0 Å². The van der Waals surface area contributed by atoms with Crippen LogP contribution in [0.1, 0.15) is 31.0 Å². The molecular weight excluding hydrogens is 523 g/mol.